The van der Waals surface area contributed by atoms with Gasteiger partial charge in [-0.25, -0.2) is 8.78 Å². The van der Waals surface area contributed by atoms with Gasteiger partial charge in [-0.2, -0.15) is 0 Å². The molecule has 0 aliphatic rings. The van der Waals surface area contributed by atoms with E-state index >= 15 is 0 Å². The van der Waals surface area contributed by atoms with Crippen molar-refractivity contribution in [1.82, 2.24) is 0 Å². The van der Waals surface area contributed by atoms with E-state index in [1.807, 2.05) is 0 Å². The molecule has 0 unspecified atom stereocenters. The van der Waals surface area contributed by atoms with E-state index in [-0.39, 0.29) is 11.3 Å². The summed E-state index contributed by atoms with van der Waals surface area (Å²) < 4.78 is 36.2. The van der Waals surface area contributed by atoms with E-state index in [0.717, 1.165) is 6.07 Å². The van der Waals surface area contributed by atoms with E-state index < -0.39 is 11.6 Å². The maximum Gasteiger partial charge on any atom is 0.168 e. The molecule has 0 amide bonds. The van der Waals surface area contributed by atoms with Gasteiger partial charge in [-0.15, -0.1) is 0 Å². The van der Waals surface area contributed by atoms with Crippen LogP contribution in [0.15, 0.2) is 34.9 Å². The lowest BCUT2D eigenvalue weighted by Crippen LogP contribution is -1.92. The van der Waals surface area contributed by atoms with Gasteiger partial charge in [-0.1, -0.05) is 0 Å². The number of methoxy groups -OCH3 is 1. The van der Waals surface area contributed by atoms with Crippen molar-refractivity contribution in [3.05, 3.63) is 42.2 Å². The Morgan fingerprint density at radius 1 is 1.20 bits per heavy atom. The maximum absolute atomic E-state index is 13.4. The van der Waals surface area contributed by atoms with Crippen LogP contribution in [0, 0.1) is 11.6 Å². The zero-order valence-electron chi connectivity index (χ0n) is 7.96. The fraction of sp³-hybridized carbons (Fsp3) is 0.0909. The lowest BCUT2D eigenvalue weighted by atomic mass is 10.1. The molecule has 2 nitrogen and oxygen atoms in total. The largest absolute Gasteiger partial charge is 0.494 e. The minimum Gasteiger partial charge on any atom is -0.494 e. The standard InChI is InChI=1S/C11H8F2O2/c1-14-11-5-7(8(12)6-9(11)13)10-3-2-4-15-10/h2-6H,1H3. The molecule has 0 aliphatic heterocycles. The first-order chi connectivity index (χ1) is 7.22. The topological polar surface area (TPSA) is 22.4 Å². The smallest absolute Gasteiger partial charge is 0.168 e. The lowest BCUT2D eigenvalue weighted by Gasteiger charge is -2.05. The van der Waals surface area contributed by atoms with Crippen molar-refractivity contribution in [1.29, 1.82) is 0 Å². The van der Waals surface area contributed by atoms with Gasteiger partial charge in [-0.3, -0.25) is 0 Å². The highest BCUT2D eigenvalue weighted by atomic mass is 19.1. The Kier molecular flexibility index (Phi) is 2.41. The summed E-state index contributed by atoms with van der Waals surface area (Å²) in [5.41, 5.74) is 0.179. The average molecular weight is 210 g/mol. The first-order valence-electron chi connectivity index (χ1n) is 4.29. The van der Waals surface area contributed by atoms with Crippen molar-refractivity contribution >= 4 is 0 Å². The molecule has 0 bridgehead atoms. The zero-order chi connectivity index (χ0) is 10.8. The molecule has 2 aromatic rings. The van der Waals surface area contributed by atoms with Gasteiger partial charge in [0.1, 0.15) is 11.6 Å². The molecule has 0 saturated heterocycles. The van der Waals surface area contributed by atoms with Crippen molar-refractivity contribution in [3.8, 4) is 17.1 Å². The minimum absolute atomic E-state index is 0.0113. The van der Waals surface area contributed by atoms with Gasteiger partial charge < -0.3 is 9.15 Å². The summed E-state index contributed by atoms with van der Waals surface area (Å²) in [6, 6.07) is 5.26. The highest BCUT2D eigenvalue weighted by Crippen LogP contribution is 2.29. The van der Waals surface area contributed by atoms with Crippen molar-refractivity contribution in [2.75, 3.05) is 7.11 Å². The van der Waals surface area contributed by atoms with Crippen LogP contribution in [-0.4, -0.2) is 7.11 Å². The zero-order valence-corrected chi connectivity index (χ0v) is 7.96. The summed E-state index contributed by atoms with van der Waals surface area (Å²) in [7, 11) is 1.32. The Labute approximate surface area is 85.1 Å². The second-order valence-corrected chi connectivity index (χ2v) is 2.94. The third-order valence-electron chi connectivity index (χ3n) is 2.03. The Balaban J connectivity index is 2.57. The van der Waals surface area contributed by atoms with E-state index in [1.165, 1.54) is 19.4 Å². The second-order valence-electron chi connectivity index (χ2n) is 2.94. The van der Waals surface area contributed by atoms with E-state index in [2.05, 4.69) is 0 Å². The highest BCUT2D eigenvalue weighted by molar-refractivity contribution is 5.60. The van der Waals surface area contributed by atoms with Crippen LogP contribution < -0.4 is 4.74 Å². The van der Waals surface area contributed by atoms with Gasteiger partial charge >= 0.3 is 0 Å². The number of benzene rings is 1. The summed E-state index contributed by atoms with van der Waals surface area (Å²) in [6.07, 6.45) is 1.42. The number of rotatable bonds is 2. The van der Waals surface area contributed by atoms with Crippen molar-refractivity contribution < 1.29 is 17.9 Å². The molecule has 0 fully saturated rings. The summed E-state index contributed by atoms with van der Waals surface area (Å²) >= 11 is 0. The van der Waals surface area contributed by atoms with Crippen molar-refractivity contribution in [2.45, 2.75) is 0 Å². The first-order valence-corrected chi connectivity index (χ1v) is 4.29. The number of ether oxygens (including phenoxy) is 1. The monoisotopic (exact) mass is 210 g/mol. The van der Waals surface area contributed by atoms with Crippen LogP contribution in [0.5, 0.6) is 5.75 Å². The minimum atomic E-state index is -0.731. The summed E-state index contributed by atoms with van der Waals surface area (Å²) in [6.45, 7) is 0. The molecular formula is C11H8F2O2. The Morgan fingerprint density at radius 2 is 2.00 bits per heavy atom. The van der Waals surface area contributed by atoms with Gasteiger partial charge in [0.25, 0.3) is 0 Å². The van der Waals surface area contributed by atoms with Crippen molar-refractivity contribution in [3.63, 3.8) is 0 Å². The molecule has 4 heteroatoms. The van der Waals surface area contributed by atoms with E-state index in [0.29, 0.717) is 5.76 Å². The third kappa shape index (κ3) is 1.70. The quantitative estimate of drug-likeness (QED) is 0.759. The lowest BCUT2D eigenvalue weighted by molar-refractivity contribution is 0.384. The second kappa shape index (κ2) is 3.73. The van der Waals surface area contributed by atoms with Crippen LogP contribution in [0.1, 0.15) is 0 Å². The maximum atomic E-state index is 13.4. The Morgan fingerprint density at radius 3 is 2.60 bits per heavy atom. The third-order valence-corrected chi connectivity index (χ3v) is 2.03. The molecule has 15 heavy (non-hydrogen) atoms. The predicted octanol–water partition coefficient (Wildman–Crippen LogP) is 3.23. The van der Waals surface area contributed by atoms with E-state index in [1.54, 1.807) is 12.1 Å². The first kappa shape index (κ1) is 9.71. The fourth-order valence-electron chi connectivity index (χ4n) is 1.31. The molecule has 1 heterocycles. The molecule has 0 spiro atoms. The van der Waals surface area contributed by atoms with Crippen LogP contribution in [0.25, 0.3) is 11.3 Å². The van der Waals surface area contributed by atoms with E-state index in [9.17, 15) is 8.78 Å². The van der Waals surface area contributed by atoms with Crippen LogP contribution >= 0.6 is 0 Å². The van der Waals surface area contributed by atoms with Crippen LogP contribution in [0.3, 0.4) is 0 Å². The van der Waals surface area contributed by atoms with Crippen LogP contribution in [0.2, 0.25) is 0 Å². The molecule has 0 N–H and O–H groups in total. The van der Waals surface area contributed by atoms with Crippen molar-refractivity contribution in [2.24, 2.45) is 0 Å². The summed E-state index contributed by atoms with van der Waals surface area (Å²) in [5, 5.41) is 0. The molecule has 0 atom stereocenters. The number of hydrogen-bond acceptors (Lipinski definition) is 2. The molecule has 78 valence electrons. The molecule has 0 saturated carbocycles. The number of halogens is 2. The van der Waals surface area contributed by atoms with Gasteiger partial charge in [0.05, 0.1) is 18.9 Å². The highest BCUT2D eigenvalue weighted by Gasteiger charge is 2.13. The SMILES string of the molecule is COc1cc(-c2ccco2)c(F)cc1F. The number of hydrogen-bond donors (Lipinski definition) is 0. The fourth-order valence-corrected chi connectivity index (χ4v) is 1.31. The number of furan rings is 1. The molecule has 2 rings (SSSR count). The van der Waals surface area contributed by atoms with Gasteiger partial charge in [-0.05, 0) is 18.2 Å². The molecule has 0 radical (unpaired) electrons. The molecular weight excluding hydrogens is 202 g/mol. The molecule has 1 aromatic carbocycles. The van der Waals surface area contributed by atoms with Gasteiger partial charge in [0.15, 0.2) is 11.6 Å². The normalized spacial score (nSPS) is 10.3. The predicted molar refractivity (Wildman–Crippen MR) is 50.6 cm³/mol. The van der Waals surface area contributed by atoms with Crippen LogP contribution in [-0.2, 0) is 0 Å². The van der Waals surface area contributed by atoms with E-state index in [4.69, 9.17) is 9.15 Å². The van der Waals surface area contributed by atoms with Gasteiger partial charge in [0.2, 0.25) is 0 Å². The average Bonchev–Trinajstić information content (AvgIpc) is 2.71. The molecule has 1 aromatic heterocycles. The summed E-state index contributed by atoms with van der Waals surface area (Å²) in [5.74, 6) is -1.08. The molecule has 0 aliphatic carbocycles. The summed E-state index contributed by atoms with van der Waals surface area (Å²) in [4.78, 5) is 0. The Hall–Kier alpha value is -1.84. The van der Waals surface area contributed by atoms with Gasteiger partial charge in [0, 0.05) is 6.07 Å². The Bertz CT molecular complexity index is 464. The van der Waals surface area contributed by atoms with Crippen LogP contribution in [0.4, 0.5) is 8.78 Å².